The van der Waals surface area contributed by atoms with Crippen molar-refractivity contribution in [3.05, 3.63) is 36.5 Å². The molecule has 0 aliphatic heterocycles. The topological polar surface area (TPSA) is 114 Å². The molecule has 0 aromatic rings. The van der Waals surface area contributed by atoms with Crippen LogP contribution in [0.15, 0.2) is 36.5 Å². The smallest absolute Gasteiger partial charge is 0.306 e. The van der Waals surface area contributed by atoms with Crippen LogP contribution >= 0.6 is 7.82 Å². The quantitative estimate of drug-likeness (QED) is 0.0212. The summed E-state index contributed by atoms with van der Waals surface area (Å²) in [6, 6.07) is -0.884. The van der Waals surface area contributed by atoms with Crippen molar-refractivity contribution in [3.63, 3.8) is 0 Å². The number of likely N-dealkylation sites (N-methyl/N-ethyl adjacent to an activating group) is 1. The Balaban J connectivity index is 5.19. The Bertz CT molecular complexity index is 1330. The van der Waals surface area contributed by atoms with E-state index in [1.165, 1.54) is 199 Å². The van der Waals surface area contributed by atoms with Crippen LogP contribution < -0.4 is 10.2 Å². The highest BCUT2D eigenvalue weighted by molar-refractivity contribution is 7.45. The fraction of sp³-hybridized carbons (Fsp3) is 0.871. The first-order valence-corrected chi connectivity index (χ1v) is 32.3. The summed E-state index contributed by atoms with van der Waals surface area (Å²) in [4.78, 5) is 39.9. The van der Waals surface area contributed by atoms with E-state index in [9.17, 15) is 19.0 Å². The van der Waals surface area contributed by atoms with Crippen LogP contribution in [-0.2, 0) is 27.9 Å². The molecule has 0 bridgehead atoms. The third-order valence-corrected chi connectivity index (χ3v) is 14.8. The maximum atomic E-state index is 13.5. The first-order valence-electron chi connectivity index (χ1n) is 30.8. The molecular weight excluding hydrogens is 916 g/mol. The molecule has 72 heavy (non-hydrogen) atoms. The Morgan fingerprint density at radius 3 is 1.28 bits per heavy atom. The number of esters is 1. The Hall–Kier alpha value is -1.77. The van der Waals surface area contributed by atoms with E-state index in [1.807, 2.05) is 33.3 Å². The largest absolute Gasteiger partial charge is 0.756 e. The van der Waals surface area contributed by atoms with E-state index in [0.717, 1.165) is 64.2 Å². The molecule has 0 saturated carbocycles. The lowest BCUT2D eigenvalue weighted by atomic mass is 10.0. The zero-order chi connectivity index (χ0) is 52.9. The first kappa shape index (κ1) is 70.2. The lowest BCUT2D eigenvalue weighted by molar-refractivity contribution is -0.870. The molecule has 3 unspecified atom stereocenters. The van der Waals surface area contributed by atoms with Gasteiger partial charge in [0.2, 0.25) is 5.91 Å². The number of unbranched alkanes of at least 4 members (excludes halogenated alkanes) is 36. The fourth-order valence-electron chi connectivity index (χ4n) is 9.02. The van der Waals surface area contributed by atoms with Crippen LogP contribution in [0.2, 0.25) is 0 Å². The molecule has 0 rings (SSSR count). The predicted octanol–water partition coefficient (Wildman–Crippen LogP) is 18.1. The van der Waals surface area contributed by atoms with Gasteiger partial charge < -0.3 is 28.5 Å². The Morgan fingerprint density at radius 2 is 0.847 bits per heavy atom. The van der Waals surface area contributed by atoms with E-state index in [1.54, 1.807) is 0 Å². The highest BCUT2D eigenvalue weighted by atomic mass is 31.2. The zero-order valence-corrected chi connectivity index (χ0v) is 49.3. The number of phosphoric acid groups is 1. The van der Waals surface area contributed by atoms with Gasteiger partial charge in [0, 0.05) is 12.8 Å². The van der Waals surface area contributed by atoms with Crippen molar-refractivity contribution in [2.45, 2.75) is 309 Å². The molecule has 0 fully saturated rings. The van der Waals surface area contributed by atoms with Gasteiger partial charge in [0.1, 0.15) is 19.3 Å². The second-order valence-electron chi connectivity index (χ2n) is 22.2. The van der Waals surface area contributed by atoms with Gasteiger partial charge in [-0.1, -0.05) is 257 Å². The molecule has 0 radical (unpaired) electrons. The van der Waals surface area contributed by atoms with E-state index in [2.05, 4.69) is 50.4 Å². The number of rotatable bonds is 56. The molecule has 0 aromatic carbocycles. The minimum Gasteiger partial charge on any atom is -0.756 e. The third-order valence-electron chi connectivity index (χ3n) is 13.8. The van der Waals surface area contributed by atoms with E-state index < -0.39 is 20.0 Å². The molecule has 3 atom stereocenters. The molecule has 0 spiro atoms. The maximum Gasteiger partial charge on any atom is 0.306 e. The first-order chi connectivity index (χ1) is 34.9. The van der Waals surface area contributed by atoms with Crippen molar-refractivity contribution in [2.24, 2.45) is 0 Å². The summed E-state index contributed by atoms with van der Waals surface area (Å²) in [6.45, 7) is 6.84. The summed E-state index contributed by atoms with van der Waals surface area (Å²) in [7, 11) is 1.19. The molecule has 1 N–H and O–H groups in total. The second kappa shape index (κ2) is 52.7. The van der Waals surface area contributed by atoms with Gasteiger partial charge in [0.05, 0.1) is 33.8 Å². The molecule has 10 heteroatoms. The van der Waals surface area contributed by atoms with Crippen LogP contribution in [-0.4, -0.2) is 69.4 Å². The van der Waals surface area contributed by atoms with Gasteiger partial charge in [0.15, 0.2) is 0 Å². The van der Waals surface area contributed by atoms with Crippen molar-refractivity contribution in [3.8, 4) is 0 Å². The highest BCUT2D eigenvalue weighted by Crippen LogP contribution is 2.38. The molecule has 0 saturated heterocycles. The second-order valence-corrected chi connectivity index (χ2v) is 23.6. The molecular formula is C62H119N2O7P. The number of nitrogens with one attached hydrogen (secondary N) is 1. The summed E-state index contributed by atoms with van der Waals surface area (Å²) in [5.41, 5.74) is 0. The van der Waals surface area contributed by atoms with Crippen LogP contribution in [0, 0.1) is 0 Å². The van der Waals surface area contributed by atoms with E-state index in [-0.39, 0.29) is 31.5 Å². The van der Waals surface area contributed by atoms with Gasteiger partial charge in [-0.2, -0.15) is 0 Å². The minimum atomic E-state index is -4.69. The number of quaternary nitrogens is 1. The van der Waals surface area contributed by atoms with Crippen LogP contribution in [0.1, 0.15) is 297 Å². The molecule has 0 heterocycles. The Labute approximate surface area is 446 Å². The van der Waals surface area contributed by atoms with Crippen molar-refractivity contribution in [2.75, 3.05) is 40.9 Å². The number of ether oxygens (including phenoxy) is 1. The molecule has 424 valence electrons. The average Bonchev–Trinajstić information content (AvgIpc) is 3.34. The highest BCUT2D eigenvalue weighted by Gasteiger charge is 2.27. The summed E-state index contributed by atoms with van der Waals surface area (Å²) in [6.07, 6.45) is 62.4. The van der Waals surface area contributed by atoms with E-state index in [0.29, 0.717) is 17.4 Å². The Kier molecular flexibility index (Phi) is 51.4. The number of hydrogen-bond donors (Lipinski definition) is 1. The van der Waals surface area contributed by atoms with Gasteiger partial charge in [-0.15, -0.1) is 0 Å². The maximum absolute atomic E-state index is 13.5. The molecule has 9 nitrogen and oxygen atoms in total. The van der Waals surface area contributed by atoms with Crippen molar-refractivity contribution in [1.82, 2.24) is 5.32 Å². The molecule has 0 aliphatic rings. The lowest BCUT2D eigenvalue weighted by Gasteiger charge is -2.30. The van der Waals surface area contributed by atoms with E-state index >= 15 is 0 Å². The number of amides is 1. The van der Waals surface area contributed by atoms with Crippen molar-refractivity contribution < 1.29 is 37.3 Å². The van der Waals surface area contributed by atoms with Crippen LogP contribution in [0.4, 0.5) is 0 Å². The van der Waals surface area contributed by atoms with Gasteiger partial charge in [-0.25, -0.2) is 0 Å². The van der Waals surface area contributed by atoms with Crippen LogP contribution in [0.25, 0.3) is 0 Å². The molecule has 0 aromatic heterocycles. The van der Waals surface area contributed by atoms with Gasteiger partial charge in [0.25, 0.3) is 7.82 Å². The fourth-order valence-corrected chi connectivity index (χ4v) is 9.75. The summed E-state index contributed by atoms with van der Waals surface area (Å²) in [5, 5.41) is 3.03. The number of allylic oxidation sites excluding steroid dienone is 5. The predicted molar refractivity (Wildman–Crippen MR) is 307 cm³/mol. The van der Waals surface area contributed by atoms with Crippen LogP contribution in [0.5, 0.6) is 0 Å². The standard InChI is InChI=1S/C62H119N2O7P/c1-7-10-13-16-19-22-25-28-29-30-31-32-33-34-35-37-39-42-45-48-51-54-61(65)63-59(58-70-72(67,68)69-57-56-64(4,5)6)60(53-50-47-44-41-38-27-24-21-18-15-12-9-3)71-62(66)55-52-49-46-43-40-36-26-23-20-17-14-11-8-2/h19,22,28-29,50,53,59-60H,7-18,20-21,23-27,30-49,51-52,54-58H2,1-6H3,(H-,63,65,67,68)/b22-19-,29-28-,53-50-. The minimum absolute atomic E-state index is 0.0203. The van der Waals surface area contributed by atoms with Crippen molar-refractivity contribution >= 4 is 19.7 Å². The molecule has 1 amide bonds. The van der Waals surface area contributed by atoms with Gasteiger partial charge >= 0.3 is 5.97 Å². The molecule has 0 aliphatic carbocycles. The normalized spacial score (nSPS) is 13.9. The van der Waals surface area contributed by atoms with E-state index in [4.69, 9.17) is 13.8 Å². The summed E-state index contributed by atoms with van der Waals surface area (Å²) in [5.74, 6) is -0.531. The van der Waals surface area contributed by atoms with Gasteiger partial charge in [-0.05, 0) is 63.9 Å². The monoisotopic (exact) mass is 1030 g/mol. The zero-order valence-electron chi connectivity index (χ0n) is 48.4. The number of nitrogens with zero attached hydrogens (tertiary/aromatic N) is 1. The van der Waals surface area contributed by atoms with Gasteiger partial charge in [-0.3, -0.25) is 14.2 Å². The number of carbonyl (C=O) groups excluding carboxylic acids is 2. The summed E-state index contributed by atoms with van der Waals surface area (Å²) >= 11 is 0. The average molecular weight is 1040 g/mol. The van der Waals surface area contributed by atoms with Crippen molar-refractivity contribution in [1.29, 1.82) is 0 Å². The lowest BCUT2D eigenvalue weighted by Crippen LogP contribution is -2.47. The number of hydrogen-bond acceptors (Lipinski definition) is 7. The van der Waals surface area contributed by atoms with Crippen LogP contribution in [0.3, 0.4) is 0 Å². The number of phosphoric ester groups is 1. The summed E-state index contributed by atoms with van der Waals surface area (Å²) < 4.78 is 30.3. The SMILES string of the molecule is CCCCC/C=C\C/C=C\CCCCCCCCCCCCCC(=O)NC(COP(=O)([O-])OCC[N+](C)(C)C)C(/C=C\CCCCCCCCCCCC)OC(=O)CCCCCCCCCCCCCCC. The Morgan fingerprint density at radius 1 is 0.486 bits per heavy atom. The third kappa shape index (κ3) is 53.1. The number of carbonyl (C=O) groups is 2.